The Hall–Kier alpha value is -0.0800. The first kappa shape index (κ1) is 9.92. The molecule has 0 saturated heterocycles. The van der Waals surface area contributed by atoms with Crippen molar-refractivity contribution in [3.8, 4) is 0 Å². The van der Waals surface area contributed by atoms with E-state index in [9.17, 15) is 0 Å². The van der Waals surface area contributed by atoms with Gasteiger partial charge in [-0.3, -0.25) is 0 Å². The van der Waals surface area contributed by atoms with E-state index in [1.165, 1.54) is 6.42 Å². The largest absolute Gasteiger partial charge is 0.318 e. The van der Waals surface area contributed by atoms with Gasteiger partial charge in [-0.2, -0.15) is 0 Å². The molecule has 0 atom stereocenters. The van der Waals surface area contributed by atoms with Crippen LogP contribution in [0.3, 0.4) is 0 Å². The summed E-state index contributed by atoms with van der Waals surface area (Å²) in [4.78, 5) is 0. The number of likely N-dealkylation sites (N-methyl/N-ethyl adjacent to an activating group) is 1. The maximum atomic E-state index is 3.36. The van der Waals surface area contributed by atoms with Gasteiger partial charge in [0, 0.05) is 13.1 Å². The maximum Gasteiger partial charge on any atom is 0.00766 e. The highest BCUT2D eigenvalue weighted by molar-refractivity contribution is 4.51. The van der Waals surface area contributed by atoms with Crippen LogP contribution >= 0.6 is 0 Å². The van der Waals surface area contributed by atoms with Crippen molar-refractivity contribution in [1.82, 2.24) is 10.6 Å². The molecule has 2 N–H and O–H groups in total. The van der Waals surface area contributed by atoms with Crippen molar-refractivity contribution in [2.24, 2.45) is 5.92 Å². The summed E-state index contributed by atoms with van der Waals surface area (Å²) in [5.41, 5.74) is 0. The first-order valence-electron chi connectivity index (χ1n) is 4.12. The van der Waals surface area contributed by atoms with Crippen LogP contribution in [0.1, 0.15) is 20.3 Å². The molecule has 0 amide bonds. The quantitative estimate of drug-likeness (QED) is 0.540. The second kappa shape index (κ2) is 7.03. The highest BCUT2D eigenvalue weighted by Crippen LogP contribution is 1.95. The molecule has 0 unspecified atom stereocenters. The van der Waals surface area contributed by atoms with Crippen LogP contribution in [0.15, 0.2) is 0 Å². The summed E-state index contributed by atoms with van der Waals surface area (Å²) in [6, 6.07) is 0. The van der Waals surface area contributed by atoms with Crippen LogP contribution in [0.25, 0.3) is 0 Å². The molecule has 0 spiro atoms. The monoisotopic (exact) mass is 144 g/mol. The Kier molecular flexibility index (Phi) is 6.98. The second-order valence-corrected chi connectivity index (χ2v) is 3.04. The molecular weight excluding hydrogens is 124 g/mol. The Morgan fingerprint density at radius 1 is 1.10 bits per heavy atom. The lowest BCUT2D eigenvalue weighted by molar-refractivity contribution is 0.534. The molecule has 2 nitrogen and oxygen atoms in total. The van der Waals surface area contributed by atoms with E-state index in [0.29, 0.717) is 0 Å². The van der Waals surface area contributed by atoms with Crippen molar-refractivity contribution in [1.29, 1.82) is 0 Å². The van der Waals surface area contributed by atoms with Crippen molar-refractivity contribution in [3.05, 3.63) is 0 Å². The van der Waals surface area contributed by atoms with E-state index in [1.54, 1.807) is 0 Å². The van der Waals surface area contributed by atoms with Crippen LogP contribution in [-0.2, 0) is 0 Å². The van der Waals surface area contributed by atoms with E-state index >= 15 is 0 Å². The van der Waals surface area contributed by atoms with Gasteiger partial charge in [-0.15, -0.1) is 0 Å². The van der Waals surface area contributed by atoms with Gasteiger partial charge in [0.2, 0.25) is 0 Å². The molecule has 10 heavy (non-hydrogen) atoms. The maximum absolute atomic E-state index is 3.36. The number of hydrogen-bond donors (Lipinski definition) is 2. The summed E-state index contributed by atoms with van der Waals surface area (Å²) in [6.07, 6.45) is 1.28. The molecule has 2 heteroatoms. The van der Waals surface area contributed by atoms with Gasteiger partial charge in [0.25, 0.3) is 0 Å². The Labute approximate surface area is 64.4 Å². The van der Waals surface area contributed by atoms with Crippen LogP contribution in [-0.4, -0.2) is 26.7 Å². The van der Waals surface area contributed by atoms with Gasteiger partial charge in [0.05, 0.1) is 0 Å². The van der Waals surface area contributed by atoms with Crippen LogP contribution in [0.4, 0.5) is 0 Å². The first-order chi connectivity index (χ1) is 4.77. The summed E-state index contributed by atoms with van der Waals surface area (Å²) in [6.45, 7) is 7.81. The molecule has 0 fully saturated rings. The smallest absolute Gasteiger partial charge is 0.00766 e. The number of rotatable bonds is 6. The lowest BCUT2D eigenvalue weighted by Gasteiger charge is -2.05. The fraction of sp³-hybridized carbons (Fsp3) is 1.00. The van der Waals surface area contributed by atoms with E-state index < -0.39 is 0 Å². The van der Waals surface area contributed by atoms with Gasteiger partial charge in [0.15, 0.2) is 0 Å². The molecule has 0 radical (unpaired) electrons. The van der Waals surface area contributed by atoms with E-state index in [4.69, 9.17) is 0 Å². The van der Waals surface area contributed by atoms with Crippen molar-refractivity contribution in [3.63, 3.8) is 0 Å². The molecule has 0 heterocycles. The molecule has 0 aliphatic carbocycles. The average molecular weight is 144 g/mol. The molecule has 0 aromatic heterocycles. The van der Waals surface area contributed by atoms with Gasteiger partial charge in [0.1, 0.15) is 0 Å². The number of nitrogens with one attached hydrogen (secondary N) is 2. The summed E-state index contributed by atoms with van der Waals surface area (Å²) in [5, 5.41) is 6.45. The van der Waals surface area contributed by atoms with Gasteiger partial charge >= 0.3 is 0 Å². The fourth-order valence-electron chi connectivity index (χ4n) is 0.729. The molecule has 0 aliphatic rings. The highest BCUT2D eigenvalue weighted by atomic mass is 14.9. The van der Waals surface area contributed by atoms with Crippen LogP contribution in [0, 0.1) is 5.92 Å². The van der Waals surface area contributed by atoms with E-state index in [0.717, 1.165) is 25.6 Å². The minimum atomic E-state index is 0.821. The fourth-order valence-corrected chi connectivity index (χ4v) is 0.729. The Morgan fingerprint density at radius 2 is 1.80 bits per heavy atom. The van der Waals surface area contributed by atoms with Crippen molar-refractivity contribution < 1.29 is 0 Å². The van der Waals surface area contributed by atoms with Gasteiger partial charge in [-0.1, -0.05) is 13.8 Å². The third-order valence-electron chi connectivity index (χ3n) is 1.45. The molecule has 0 aliphatic heterocycles. The lowest BCUT2D eigenvalue weighted by atomic mass is 10.1. The standard InChI is InChI=1S/C8H20N2/c1-8(2)4-5-10-7-6-9-3/h8-10H,4-7H2,1-3H3. The van der Waals surface area contributed by atoms with E-state index in [-0.39, 0.29) is 0 Å². The van der Waals surface area contributed by atoms with E-state index in [1.807, 2.05) is 7.05 Å². The Balaban J connectivity index is 2.77. The zero-order valence-corrected chi connectivity index (χ0v) is 7.41. The first-order valence-corrected chi connectivity index (χ1v) is 4.12. The Bertz CT molecular complexity index is 62.3. The molecular formula is C8H20N2. The average Bonchev–Trinajstić information content (AvgIpc) is 1.87. The lowest BCUT2D eigenvalue weighted by Crippen LogP contribution is -2.26. The SMILES string of the molecule is CNCCNCCC(C)C. The third kappa shape index (κ3) is 7.92. The summed E-state index contributed by atoms with van der Waals surface area (Å²) < 4.78 is 0. The van der Waals surface area contributed by atoms with Crippen LogP contribution in [0.5, 0.6) is 0 Å². The number of hydrogen-bond acceptors (Lipinski definition) is 2. The van der Waals surface area contributed by atoms with E-state index in [2.05, 4.69) is 24.5 Å². The van der Waals surface area contributed by atoms with Crippen molar-refractivity contribution in [2.45, 2.75) is 20.3 Å². The molecule has 0 aromatic carbocycles. The van der Waals surface area contributed by atoms with Gasteiger partial charge in [-0.25, -0.2) is 0 Å². The van der Waals surface area contributed by atoms with Gasteiger partial charge in [-0.05, 0) is 25.9 Å². The molecule has 0 saturated carbocycles. The predicted molar refractivity (Wildman–Crippen MR) is 46.3 cm³/mol. The summed E-state index contributed by atoms with van der Waals surface area (Å²) in [5.74, 6) is 0.821. The zero-order valence-electron chi connectivity index (χ0n) is 7.41. The van der Waals surface area contributed by atoms with Crippen LogP contribution < -0.4 is 10.6 Å². The summed E-state index contributed by atoms with van der Waals surface area (Å²) >= 11 is 0. The second-order valence-electron chi connectivity index (χ2n) is 3.04. The molecule has 0 bridgehead atoms. The highest BCUT2D eigenvalue weighted by Gasteiger charge is 1.91. The normalized spacial score (nSPS) is 10.8. The summed E-state index contributed by atoms with van der Waals surface area (Å²) in [7, 11) is 1.98. The third-order valence-corrected chi connectivity index (χ3v) is 1.45. The van der Waals surface area contributed by atoms with Crippen LogP contribution in [0.2, 0.25) is 0 Å². The minimum absolute atomic E-state index is 0.821. The topological polar surface area (TPSA) is 24.1 Å². The van der Waals surface area contributed by atoms with Crippen molar-refractivity contribution in [2.75, 3.05) is 26.7 Å². The molecule has 62 valence electrons. The predicted octanol–water partition coefficient (Wildman–Crippen LogP) is 0.841. The molecule has 0 rings (SSSR count). The molecule has 0 aromatic rings. The van der Waals surface area contributed by atoms with Crippen molar-refractivity contribution >= 4 is 0 Å². The Morgan fingerprint density at radius 3 is 2.30 bits per heavy atom. The van der Waals surface area contributed by atoms with Gasteiger partial charge < -0.3 is 10.6 Å². The zero-order chi connectivity index (χ0) is 7.82. The minimum Gasteiger partial charge on any atom is -0.318 e.